The molecule has 5 rings (SSSR count). The van der Waals surface area contributed by atoms with Crippen molar-refractivity contribution in [1.82, 2.24) is 0 Å². The molecule has 2 aromatic carbocycles. The summed E-state index contributed by atoms with van der Waals surface area (Å²) in [5, 5.41) is 3.81. The summed E-state index contributed by atoms with van der Waals surface area (Å²) in [4.78, 5) is 19.3. The molecule has 0 unspecified atom stereocenters. The molecule has 1 amide bonds. The molecule has 0 atom stereocenters. The van der Waals surface area contributed by atoms with Crippen LogP contribution in [0.5, 0.6) is 11.5 Å². The van der Waals surface area contributed by atoms with Crippen LogP contribution in [0.15, 0.2) is 51.9 Å². The van der Waals surface area contributed by atoms with E-state index in [2.05, 4.69) is 21.2 Å². The number of carbonyl (C=O) groups excluding carboxylic acids is 1. The summed E-state index contributed by atoms with van der Waals surface area (Å²) >= 11 is 5.07. The van der Waals surface area contributed by atoms with Gasteiger partial charge in [0.2, 0.25) is 6.79 Å². The highest BCUT2D eigenvalue weighted by Gasteiger charge is 2.24. The molecule has 5 nitrogen and oxygen atoms in total. The normalized spacial score (nSPS) is 15.0. The summed E-state index contributed by atoms with van der Waals surface area (Å²) in [6.45, 7) is 0.244. The van der Waals surface area contributed by atoms with Crippen LogP contribution >= 0.6 is 27.3 Å². The maximum absolute atomic E-state index is 13.3. The van der Waals surface area contributed by atoms with E-state index in [1.54, 1.807) is 17.6 Å². The molecule has 7 heteroatoms. The van der Waals surface area contributed by atoms with Gasteiger partial charge in [0, 0.05) is 21.3 Å². The van der Waals surface area contributed by atoms with E-state index in [9.17, 15) is 4.79 Å². The molecule has 31 heavy (non-hydrogen) atoms. The van der Waals surface area contributed by atoms with E-state index in [4.69, 9.17) is 14.5 Å². The first-order valence-electron chi connectivity index (χ1n) is 10.3. The van der Waals surface area contributed by atoms with Gasteiger partial charge in [-0.05, 0) is 79.3 Å². The van der Waals surface area contributed by atoms with E-state index in [0.29, 0.717) is 5.56 Å². The lowest BCUT2D eigenvalue weighted by molar-refractivity contribution is 0.102. The quantitative estimate of drug-likeness (QED) is 0.330. The number of ether oxygens (including phenoxy) is 2. The summed E-state index contributed by atoms with van der Waals surface area (Å²) in [7, 11) is 0. The monoisotopic (exact) mass is 496 g/mol. The highest BCUT2D eigenvalue weighted by Crippen LogP contribution is 2.40. The fourth-order valence-electron chi connectivity index (χ4n) is 3.91. The Balaban J connectivity index is 1.47. The Morgan fingerprint density at radius 1 is 1.03 bits per heavy atom. The molecule has 1 aliphatic heterocycles. The van der Waals surface area contributed by atoms with Crippen LogP contribution in [0, 0.1) is 0 Å². The number of rotatable bonds is 4. The van der Waals surface area contributed by atoms with Crippen LogP contribution in [0.1, 0.15) is 45.6 Å². The van der Waals surface area contributed by atoms with Gasteiger partial charge in [-0.2, -0.15) is 0 Å². The van der Waals surface area contributed by atoms with Gasteiger partial charge in [0.15, 0.2) is 11.5 Å². The Bertz CT molecular complexity index is 1150. The molecule has 0 saturated heterocycles. The van der Waals surface area contributed by atoms with Gasteiger partial charge in [0.25, 0.3) is 5.91 Å². The number of aliphatic imine (C=N–C) groups is 1. The maximum atomic E-state index is 13.3. The summed E-state index contributed by atoms with van der Waals surface area (Å²) < 4.78 is 11.8. The lowest BCUT2D eigenvalue weighted by Crippen LogP contribution is -2.13. The van der Waals surface area contributed by atoms with Crippen molar-refractivity contribution in [2.75, 3.05) is 12.1 Å². The molecule has 3 aromatic rings. The number of hydrogen-bond donors (Lipinski definition) is 1. The first kappa shape index (κ1) is 20.3. The standard InChI is InChI=1S/C24H21BrN2O3S/c25-16-7-9-17(10-8-16)27-23(28)22-18-4-2-1-3-5-21(18)31-24(22)26-13-15-6-11-19-20(12-15)30-14-29-19/h6-13H,1-5,14H2,(H,27,28). The summed E-state index contributed by atoms with van der Waals surface area (Å²) in [6.07, 6.45) is 7.20. The number of nitrogens with one attached hydrogen (secondary N) is 1. The third-order valence-corrected chi connectivity index (χ3v) is 7.19. The predicted molar refractivity (Wildman–Crippen MR) is 127 cm³/mol. The van der Waals surface area contributed by atoms with Crippen molar-refractivity contribution in [2.45, 2.75) is 32.1 Å². The fourth-order valence-corrected chi connectivity index (χ4v) is 5.40. The van der Waals surface area contributed by atoms with Gasteiger partial charge < -0.3 is 14.8 Å². The van der Waals surface area contributed by atoms with E-state index < -0.39 is 0 Å². The van der Waals surface area contributed by atoms with Crippen molar-refractivity contribution < 1.29 is 14.3 Å². The minimum atomic E-state index is -0.0976. The van der Waals surface area contributed by atoms with Crippen LogP contribution in [0.2, 0.25) is 0 Å². The molecule has 0 bridgehead atoms. The lowest BCUT2D eigenvalue weighted by Gasteiger charge is -2.08. The zero-order chi connectivity index (χ0) is 21.2. The molecule has 0 saturated carbocycles. The maximum Gasteiger partial charge on any atom is 0.259 e. The summed E-state index contributed by atoms with van der Waals surface area (Å²) in [6, 6.07) is 13.4. The average molecular weight is 497 g/mol. The van der Waals surface area contributed by atoms with Crippen LogP contribution in [-0.2, 0) is 12.8 Å². The van der Waals surface area contributed by atoms with Gasteiger partial charge in [-0.25, -0.2) is 4.99 Å². The Labute approximate surface area is 193 Å². The zero-order valence-electron chi connectivity index (χ0n) is 16.8. The number of halogens is 1. The minimum Gasteiger partial charge on any atom is -0.454 e. The molecular weight excluding hydrogens is 476 g/mol. The van der Waals surface area contributed by atoms with Gasteiger partial charge in [-0.15, -0.1) is 11.3 Å². The SMILES string of the molecule is O=C(Nc1ccc(Br)cc1)c1c(N=Cc2ccc3c(c2)OCO3)sc2c1CCCCC2. The van der Waals surface area contributed by atoms with Crippen molar-refractivity contribution in [3.05, 3.63) is 68.5 Å². The van der Waals surface area contributed by atoms with Crippen molar-refractivity contribution in [3.63, 3.8) is 0 Å². The van der Waals surface area contributed by atoms with Crippen molar-refractivity contribution in [1.29, 1.82) is 0 Å². The van der Waals surface area contributed by atoms with Crippen LogP contribution < -0.4 is 14.8 Å². The van der Waals surface area contributed by atoms with Gasteiger partial charge in [-0.3, -0.25) is 4.79 Å². The molecule has 2 aliphatic rings. The lowest BCUT2D eigenvalue weighted by atomic mass is 10.0. The van der Waals surface area contributed by atoms with E-state index in [1.807, 2.05) is 42.5 Å². The molecule has 1 aliphatic carbocycles. The molecule has 1 N–H and O–H groups in total. The Kier molecular flexibility index (Phi) is 5.78. The van der Waals surface area contributed by atoms with Gasteiger partial charge in [0.1, 0.15) is 5.00 Å². The first-order valence-corrected chi connectivity index (χ1v) is 11.9. The van der Waals surface area contributed by atoms with Crippen LogP contribution in [0.4, 0.5) is 10.7 Å². The van der Waals surface area contributed by atoms with Crippen LogP contribution in [-0.4, -0.2) is 18.9 Å². The minimum absolute atomic E-state index is 0.0976. The molecule has 158 valence electrons. The van der Waals surface area contributed by atoms with Gasteiger partial charge >= 0.3 is 0 Å². The zero-order valence-corrected chi connectivity index (χ0v) is 19.2. The first-order chi connectivity index (χ1) is 15.2. The summed E-state index contributed by atoms with van der Waals surface area (Å²) in [5.41, 5.74) is 3.55. The van der Waals surface area contributed by atoms with E-state index in [1.165, 1.54) is 11.3 Å². The molecule has 0 fully saturated rings. The number of hydrogen-bond acceptors (Lipinski definition) is 5. The largest absolute Gasteiger partial charge is 0.454 e. The average Bonchev–Trinajstić information content (AvgIpc) is 3.31. The van der Waals surface area contributed by atoms with E-state index in [-0.39, 0.29) is 12.7 Å². The second kappa shape index (κ2) is 8.85. The Hall–Kier alpha value is -2.64. The third kappa shape index (κ3) is 4.38. The van der Waals surface area contributed by atoms with Crippen molar-refractivity contribution in [3.8, 4) is 11.5 Å². The molecule has 0 radical (unpaired) electrons. The second-order valence-corrected chi connectivity index (χ2v) is 9.58. The number of fused-ring (bicyclic) bond motifs is 2. The highest BCUT2D eigenvalue weighted by molar-refractivity contribution is 9.10. The smallest absolute Gasteiger partial charge is 0.259 e. The Morgan fingerprint density at radius 2 is 1.84 bits per heavy atom. The van der Waals surface area contributed by atoms with Crippen LogP contribution in [0.3, 0.4) is 0 Å². The predicted octanol–water partition coefficient (Wildman–Crippen LogP) is 6.51. The van der Waals surface area contributed by atoms with E-state index in [0.717, 1.165) is 63.5 Å². The summed E-state index contributed by atoms with van der Waals surface area (Å²) in [5.74, 6) is 1.37. The number of carbonyl (C=O) groups is 1. The topological polar surface area (TPSA) is 59.9 Å². The Morgan fingerprint density at radius 3 is 2.71 bits per heavy atom. The van der Waals surface area contributed by atoms with Crippen molar-refractivity contribution in [2.24, 2.45) is 4.99 Å². The van der Waals surface area contributed by atoms with Gasteiger partial charge in [0.05, 0.1) is 5.56 Å². The number of benzene rings is 2. The number of nitrogens with zero attached hydrogens (tertiary/aromatic N) is 1. The molecule has 0 spiro atoms. The van der Waals surface area contributed by atoms with Crippen molar-refractivity contribution >= 4 is 50.1 Å². The number of aryl methyl sites for hydroxylation is 1. The van der Waals surface area contributed by atoms with Crippen LogP contribution in [0.25, 0.3) is 0 Å². The highest BCUT2D eigenvalue weighted by atomic mass is 79.9. The van der Waals surface area contributed by atoms with E-state index >= 15 is 0 Å². The number of amides is 1. The number of thiophene rings is 1. The number of anilines is 1. The molecule has 2 heterocycles. The fraction of sp³-hybridized carbons (Fsp3) is 0.250. The van der Waals surface area contributed by atoms with Gasteiger partial charge in [-0.1, -0.05) is 22.4 Å². The molecule has 1 aromatic heterocycles. The third-order valence-electron chi connectivity index (χ3n) is 5.46. The molecular formula is C24H21BrN2O3S. The second-order valence-electron chi connectivity index (χ2n) is 7.58.